The molecule has 0 saturated carbocycles. The Morgan fingerprint density at radius 2 is 1.47 bits per heavy atom. The highest BCUT2D eigenvalue weighted by Gasteiger charge is 2.47. The zero-order chi connectivity index (χ0) is 57.4. The predicted octanol–water partition coefficient (Wildman–Crippen LogP) is 10.9. The van der Waals surface area contributed by atoms with Crippen LogP contribution in [0.3, 0.4) is 0 Å². The quantitative estimate of drug-likeness (QED) is 0.0198. The normalized spacial score (nSPS) is 17.5. The number of carbonyl (C=O) groups is 6. The molecule has 424 valence electrons. The lowest BCUT2D eigenvalue weighted by Gasteiger charge is -2.31. The standard InChI is InChI=1S/C59H66Cl4N2O14/c1-8-27-73-51(67)31-39(32-64-57(71)74-33-44-42-21-14-12-19-40(42)41-20-13-15-22-43(41)44)54(68)77-49(28-35(2)3)56(70)76-47(36(4)52-53(79-58(5,6)78-52)38-17-10-9-11-18-38)23-16-24-50(66)65-46(55(69)75-34-59(61,62)63)30-37-25-26-48(72-7)45(60)29-37/h8-22,24-26,29,35-36,39,44,46-47,49,52-53H,1,23,27-28,30-34H2,2-7H3,(H,64,71)(H,65,66)/b24-16+/t36-,39+,46+,47-,49-,52+,53+/m0/s1. The topological polar surface area (TPSA) is 200 Å². The van der Waals surface area contributed by atoms with Crippen molar-refractivity contribution in [1.29, 1.82) is 0 Å². The smallest absolute Gasteiger partial charge is 0.407 e. The number of esters is 4. The molecule has 79 heavy (non-hydrogen) atoms. The Bertz CT molecular complexity index is 2760. The molecule has 7 atom stereocenters. The molecule has 0 aromatic heterocycles. The van der Waals surface area contributed by atoms with Crippen molar-refractivity contribution in [1.82, 2.24) is 10.6 Å². The third kappa shape index (κ3) is 18.2. The fourth-order valence-corrected chi connectivity index (χ4v) is 9.74. The Hall–Kier alpha value is -6.14. The second kappa shape index (κ2) is 28.8. The van der Waals surface area contributed by atoms with Crippen LogP contribution in [0.5, 0.6) is 5.75 Å². The number of methoxy groups -OCH3 is 1. The second-order valence-electron chi connectivity index (χ2n) is 20.0. The predicted molar refractivity (Wildman–Crippen MR) is 299 cm³/mol. The number of amides is 2. The molecule has 1 aliphatic heterocycles. The number of alkyl halides is 3. The molecule has 1 aliphatic carbocycles. The Kier molecular flexibility index (Phi) is 22.7. The van der Waals surface area contributed by atoms with Gasteiger partial charge in [0.25, 0.3) is 0 Å². The van der Waals surface area contributed by atoms with E-state index in [2.05, 4.69) is 17.2 Å². The second-order valence-corrected chi connectivity index (χ2v) is 22.9. The maximum absolute atomic E-state index is 14.6. The first-order valence-corrected chi connectivity index (χ1v) is 27.3. The van der Waals surface area contributed by atoms with Crippen molar-refractivity contribution in [3.05, 3.63) is 149 Å². The third-order valence-electron chi connectivity index (χ3n) is 13.1. The molecule has 0 unspecified atom stereocenters. The van der Waals surface area contributed by atoms with Gasteiger partial charge in [0.1, 0.15) is 43.8 Å². The number of hydrogen-bond donors (Lipinski definition) is 2. The van der Waals surface area contributed by atoms with Gasteiger partial charge in [-0.3, -0.25) is 14.4 Å². The van der Waals surface area contributed by atoms with Gasteiger partial charge in [-0.2, -0.15) is 0 Å². The van der Waals surface area contributed by atoms with Crippen molar-refractivity contribution < 1.29 is 66.7 Å². The van der Waals surface area contributed by atoms with Crippen LogP contribution >= 0.6 is 46.4 Å². The lowest BCUT2D eigenvalue weighted by molar-refractivity contribution is -0.180. The Morgan fingerprint density at radius 1 is 0.810 bits per heavy atom. The number of ether oxygens (including phenoxy) is 8. The summed E-state index contributed by atoms with van der Waals surface area (Å²) in [6.45, 7) is 11.4. The molecule has 0 spiro atoms. The van der Waals surface area contributed by atoms with Crippen molar-refractivity contribution >= 4 is 82.3 Å². The molecular weight excluding hydrogens is 1100 g/mol. The molecule has 6 rings (SSSR count). The van der Waals surface area contributed by atoms with Gasteiger partial charge in [-0.1, -0.05) is 171 Å². The molecule has 1 saturated heterocycles. The summed E-state index contributed by atoms with van der Waals surface area (Å²) in [7, 11) is 1.45. The van der Waals surface area contributed by atoms with Crippen LogP contribution in [0.4, 0.5) is 4.79 Å². The van der Waals surface area contributed by atoms with Crippen LogP contribution in [0.25, 0.3) is 11.1 Å². The average Bonchev–Trinajstić information content (AvgIpc) is 4.03. The van der Waals surface area contributed by atoms with Crippen molar-refractivity contribution in [2.75, 3.05) is 33.5 Å². The number of alkyl carbamates (subject to hydrolysis) is 1. The molecule has 2 N–H and O–H groups in total. The average molecular weight is 1170 g/mol. The van der Waals surface area contributed by atoms with E-state index >= 15 is 0 Å². The van der Waals surface area contributed by atoms with E-state index in [9.17, 15) is 28.8 Å². The van der Waals surface area contributed by atoms with E-state index in [4.69, 9.17) is 84.3 Å². The minimum atomic E-state index is -1.93. The zero-order valence-corrected chi connectivity index (χ0v) is 47.8. The van der Waals surface area contributed by atoms with Crippen LogP contribution in [0.15, 0.2) is 122 Å². The molecule has 0 radical (unpaired) electrons. The lowest BCUT2D eigenvalue weighted by atomic mass is 9.89. The summed E-state index contributed by atoms with van der Waals surface area (Å²) in [5, 5.41) is 5.51. The van der Waals surface area contributed by atoms with Gasteiger partial charge in [-0.05, 0) is 77.8 Å². The number of benzene rings is 4. The Balaban J connectivity index is 1.21. The highest BCUT2D eigenvalue weighted by atomic mass is 35.6. The van der Waals surface area contributed by atoms with Crippen molar-refractivity contribution in [3.63, 3.8) is 0 Å². The SMILES string of the molecule is C=CCOC(=O)C[C@H](CNC(=O)OCC1c2ccccc2-c2ccccc21)C(=O)O[C@@H](CC(C)C)C(=O)O[C@@H](C/C=C/C(=O)N[C@H](Cc1ccc(OC)c(Cl)c1)C(=O)OCC(Cl)(Cl)Cl)[C@H](C)[C@H]1OC(C)(C)O[C@@H]1c1ccccc1. The molecule has 4 aromatic carbocycles. The Labute approximate surface area is 480 Å². The van der Waals surface area contributed by atoms with Crippen LogP contribution < -0.4 is 15.4 Å². The molecule has 16 nitrogen and oxygen atoms in total. The van der Waals surface area contributed by atoms with Gasteiger partial charge >= 0.3 is 30.0 Å². The maximum atomic E-state index is 14.6. The van der Waals surface area contributed by atoms with Crippen LogP contribution in [-0.2, 0) is 63.6 Å². The zero-order valence-electron chi connectivity index (χ0n) is 44.8. The first-order valence-electron chi connectivity index (χ1n) is 25.8. The largest absolute Gasteiger partial charge is 0.495 e. The van der Waals surface area contributed by atoms with E-state index in [1.54, 1.807) is 39.0 Å². The minimum Gasteiger partial charge on any atom is -0.495 e. The van der Waals surface area contributed by atoms with E-state index in [0.717, 1.165) is 27.8 Å². The van der Waals surface area contributed by atoms with E-state index in [0.29, 0.717) is 11.3 Å². The van der Waals surface area contributed by atoms with Crippen LogP contribution in [0.1, 0.15) is 88.2 Å². The summed E-state index contributed by atoms with van der Waals surface area (Å²) >= 11 is 24.0. The summed E-state index contributed by atoms with van der Waals surface area (Å²) in [5.41, 5.74) is 5.44. The fourth-order valence-electron chi connectivity index (χ4n) is 9.29. The van der Waals surface area contributed by atoms with Gasteiger partial charge in [0.05, 0.1) is 30.6 Å². The van der Waals surface area contributed by atoms with Gasteiger partial charge in [0.15, 0.2) is 11.9 Å². The number of rotatable bonds is 26. The number of carbonyl (C=O) groups excluding carboxylic acids is 6. The Morgan fingerprint density at radius 3 is 2.09 bits per heavy atom. The third-order valence-corrected chi connectivity index (χ3v) is 13.7. The number of nitrogens with one attached hydrogen (secondary N) is 2. The summed E-state index contributed by atoms with van der Waals surface area (Å²) in [6.07, 6.45) is -1.47. The first kappa shape index (κ1) is 62.1. The van der Waals surface area contributed by atoms with Gasteiger partial charge < -0.3 is 48.5 Å². The molecule has 2 amide bonds. The molecule has 2 aliphatic rings. The summed E-state index contributed by atoms with van der Waals surface area (Å²) in [4.78, 5) is 82.2. The van der Waals surface area contributed by atoms with Gasteiger partial charge in [0.2, 0.25) is 9.70 Å². The van der Waals surface area contributed by atoms with Gasteiger partial charge in [0, 0.05) is 31.2 Å². The van der Waals surface area contributed by atoms with Crippen molar-refractivity contribution in [2.45, 2.75) is 106 Å². The number of hydrogen-bond acceptors (Lipinski definition) is 14. The van der Waals surface area contributed by atoms with Gasteiger partial charge in [-0.25, -0.2) is 14.4 Å². The monoisotopic (exact) mass is 1170 g/mol. The molecular formula is C59H66Cl4N2O14. The van der Waals surface area contributed by atoms with Crippen LogP contribution in [-0.4, -0.2) is 103 Å². The lowest BCUT2D eigenvalue weighted by Crippen LogP contribution is -2.43. The first-order chi connectivity index (χ1) is 37.6. The van der Waals surface area contributed by atoms with E-state index < -0.39 is 107 Å². The van der Waals surface area contributed by atoms with Crippen molar-refractivity contribution in [2.24, 2.45) is 17.8 Å². The maximum Gasteiger partial charge on any atom is 0.407 e. The summed E-state index contributed by atoms with van der Waals surface area (Å²) in [5.74, 6) is -7.46. The van der Waals surface area contributed by atoms with E-state index in [1.807, 2.05) is 92.7 Å². The molecule has 1 heterocycles. The molecule has 20 heteroatoms. The number of halogens is 4. The van der Waals surface area contributed by atoms with E-state index in [1.165, 1.54) is 25.3 Å². The fraction of sp³-hybridized carbons (Fsp3) is 0.424. The highest BCUT2D eigenvalue weighted by Crippen LogP contribution is 2.45. The molecule has 1 fully saturated rings. The van der Waals surface area contributed by atoms with Crippen LogP contribution in [0, 0.1) is 17.8 Å². The number of fused-ring (bicyclic) bond motifs is 3. The summed E-state index contributed by atoms with van der Waals surface area (Å²) in [6, 6.07) is 28.6. The van der Waals surface area contributed by atoms with Crippen LogP contribution in [0.2, 0.25) is 5.02 Å². The van der Waals surface area contributed by atoms with Gasteiger partial charge in [-0.15, -0.1) is 0 Å². The molecule has 0 bridgehead atoms. The van der Waals surface area contributed by atoms with E-state index in [-0.39, 0.29) is 49.3 Å². The molecule has 4 aromatic rings. The minimum absolute atomic E-state index is 0.00472. The van der Waals surface area contributed by atoms with Crippen molar-refractivity contribution in [3.8, 4) is 16.9 Å². The summed E-state index contributed by atoms with van der Waals surface area (Å²) < 4.78 is 44.6. The highest BCUT2D eigenvalue weighted by molar-refractivity contribution is 6.67.